The number of carboxylic acids is 1. The Morgan fingerprint density at radius 2 is 2.06 bits per heavy atom. The second kappa shape index (κ2) is 4.31. The predicted molar refractivity (Wildman–Crippen MR) is 61.6 cm³/mol. The molecule has 1 aliphatic rings. The van der Waals surface area contributed by atoms with Crippen LogP contribution < -0.4 is 4.74 Å². The van der Waals surface area contributed by atoms with Crippen LogP contribution in [0.1, 0.15) is 60.4 Å². The lowest BCUT2D eigenvalue weighted by Crippen LogP contribution is -2.13. The van der Waals surface area contributed by atoms with E-state index < -0.39 is 5.97 Å². The second-order valence-electron chi connectivity index (χ2n) is 4.59. The first-order valence-electron chi connectivity index (χ1n) is 5.73. The maximum absolute atomic E-state index is 11.2. The zero-order valence-corrected chi connectivity index (χ0v) is 10.2. The van der Waals surface area contributed by atoms with Crippen molar-refractivity contribution in [2.75, 3.05) is 7.11 Å². The Kier molecular flexibility index (Phi) is 3.00. The SMILES string of the molecule is COc1nc(C2CC2)nc(C(=O)O)c1C(C)C. The van der Waals surface area contributed by atoms with Crippen molar-refractivity contribution in [1.82, 2.24) is 9.97 Å². The zero-order valence-electron chi connectivity index (χ0n) is 10.2. The van der Waals surface area contributed by atoms with Gasteiger partial charge in [-0.25, -0.2) is 9.78 Å². The fraction of sp³-hybridized carbons (Fsp3) is 0.583. The summed E-state index contributed by atoms with van der Waals surface area (Å²) in [6.07, 6.45) is 2.06. The minimum Gasteiger partial charge on any atom is -0.481 e. The molecule has 0 unspecified atom stereocenters. The van der Waals surface area contributed by atoms with Crippen molar-refractivity contribution >= 4 is 5.97 Å². The monoisotopic (exact) mass is 236 g/mol. The molecule has 1 aromatic heterocycles. The summed E-state index contributed by atoms with van der Waals surface area (Å²) in [5, 5.41) is 9.22. The van der Waals surface area contributed by atoms with Gasteiger partial charge in [0.05, 0.1) is 12.7 Å². The maximum atomic E-state index is 11.2. The largest absolute Gasteiger partial charge is 0.481 e. The lowest BCUT2D eigenvalue weighted by Gasteiger charge is -2.14. The third-order valence-corrected chi connectivity index (χ3v) is 2.84. The summed E-state index contributed by atoms with van der Waals surface area (Å²) in [5.41, 5.74) is 0.651. The van der Waals surface area contributed by atoms with Crippen molar-refractivity contribution in [2.24, 2.45) is 0 Å². The molecule has 92 valence electrons. The van der Waals surface area contributed by atoms with Gasteiger partial charge in [0.25, 0.3) is 0 Å². The van der Waals surface area contributed by atoms with Crippen LogP contribution in [0.25, 0.3) is 0 Å². The van der Waals surface area contributed by atoms with E-state index in [4.69, 9.17) is 4.74 Å². The third kappa shape index (κ3) is 2.23. The quantitative estimate of drug-likeness (QED) is 0.867. The molecule has 1 aliphatic carbocycles. The number of hydrogen-bond acceptors (Lipinski definition) is 4. The van der Waals surface area contributed by atoms with E-state index in [1.807, 2.05) is 13.8 Å². The normalized spacial score (nSPS) is 15.1. The Balaban J connectivity index is 2.58. The maximum Gasteiger partial charge on any atom is 0.355 e. The molecule has 0 radical (unpaired) electrons. The zero-order chi connectivity index (χ0) is 12.6. The second-order valence-corrected chi connectivity index (χ2v) is 4.59. The summed E-state index contributed by atoms with van der Waals surface area (Å²) in [5.74, 6) is 0.307. The number of nitrogens with zero attached hydrogens (tertiary/aromatic N) is 2. The summed E-state index contributed by atoms with van der Waals surface area (Å²) < 4.78 is 5.20. The third-order valence-electron chi connectivity index (χ3n) is 2.84. The molecule has 1 fully saturated rings. The molecule has 0 aromatic carbocycles. The van der Waals surface area contributed by atoms with Crippen LogP contribution in [0.4, 0.5) is 0 Å². The fourth-order valence-corrected chi connectivity index (χ4v) is 1.83. The van der Waals surface area contributed by atoms with Crippen LogP contribution in [0.2, 0.25) is 0 Å². The van der Waals surface area contributed by atoms with E-state index in [-0.39, 0.29) is 11.6 Å². The molecule has 0 amide bonds. The lowest BCUT2D eigenvalue weighted by molar-refractivity contribution is 0.0687. The molecular formula is C12H16N2O3. The van der Waals surface area contributed by atoms with E-state index >= 15 is 0 Å². The van der Waals surface area contributed by atoms with Gasteiger partial charge in [-0.2, -0.15) is 4.98 Å². The molecule has 0 bridgehead atoms. The van der Waals surface area contributed by atoms with Gasteiger partial charge in [-0.15, -0.1) is 0 Å². The number of ether oxygens (including phenoxy) is 1. The first-order chi connectivity index (χ1) is 8.04. The molecule has 2 rings (SSSR count). The highest BCUT2D eigenvalue weighted by Gasteiger charge is 2.31. The number of methoxy groups -OCH3 is 1. The molecule has 1 N–H and O–H groups in total. The van der Waals surface area contributed by atoms with Gasteiger partial charge >= 0.3 is 5.97 Å². The highest BCUT2D eigenvalue weighted by molar-refractivity contribution is 5.88. The molecular weight excluding hydrogens is 220 g/mol. The first kappa shape index (κ1) is 11.8. The molecule has 1 aromatic rings. The smallest absolute Gasteiger partial charge is 0.355 e. The van der Waals surface area contributed by atoms with E-state index in [1.165, 1.54) is 7.11 Å². The molecule has 1 saturated carbocycles. The van der Waals surface area contributed by atoms with Crippen LogP contribution in [-0.2, 0) is 0 Å². The molecule has 5 nitrogen and oxygen atoms in total. The van der Waals surface area contributed by atoms with Crippen molar-refractivity contribution in [3.63, 3.8) is 0 Å². The van der Waals surface area contributed by atoms with Crippen molar-refractivity contribution < 1.29 is 14.6 Å². The van der Waals surface area contributed by atoms with Gasteiger partial charge in [-0.3, -0.25) is 0 Å². The number of aromatic carboxylic acids is 1. The summed E-state index contributed by atoms with van der Waals surface area (Å²) in [4.78, 5) is 19.7. The van der Waals surface area contributed by atoms with Gasteiger partial charge in [0.2, 0.25) is 5.88 Å². The molecule has 0 spiro atoms. The van der Waals surface area contributed by atoms with Gasteiger partial charge in [-0.1, -0.05) is 13.8 Å². The van der Waals surface area contributed by atoms with Gasteiger partial charge in [0.15, 0.2) is 5.69 Å². The van der Waals surface area contributed by atoms with Crippen LogP contribution in [0, 0.1) is 0 Å². The highest BCUT2D eigenvalue weighted by atomic mass is 16.5. The Hall–Kier alpha value is -1.65. The fourth-order valence-electron chi connectivity index (χ4n) is 1.83. The minimum absolute atomic E-state index is 0.0179. The van der Waals surface area contributed by atoms with E-state index in [1.54, 1.807) is 0 Å². The van der Waals surface area contributed by atoms with Crippen molar-refractivity contribution in [2.45, 2.75) is 38.5 Å². The Morgan fingerprint density at radius 1 is 1.41 bits per heavy atom. The Bertz CT molecular complexity index is 453. The minimum atomic E-state index is -1.02. The number of carbonyl (C=O) groups is 1. The van der Waals surface area contributed by atoms with E-state index in [0.29, 0.717) is 23.2 Å². The summed E-state index contributed by atoms with van der Waals surface area (Å²) in [7, 11) is 1.51. The summed E-state index contributed by atoms with van der Waals surface area (Å²) in [6.45, 7) is 3.81. The van der Waals surface area contributed by atoms with Crippen LogP contribution in [0.15, 0.2) is 0 Å². The molecule has 0 aliphatic heterocycles. The number of carboxylic acid groups (broad SMARTS) is 1. The Labute approximate surface area is 99.9 Å². The average molecular weight is 236 g/mol. The van der Waals surface area contributed by atoms with Crippen molar-refractivity contribution in [3.05, 3.63) is 17.1 Å². The number of aromatic nitrogens is 2. The number of rotatable bonds is 4. The molecule has 17 heavy (non-hydrogen) atoms. The first-order valence-corrected chi connectivity index (χ1v) is 5.73. The molecule has 5 heteroatoms. The average Bonchev–Trinajstić information content (AvgIpc) is 3.10. The number of hydrogen-bond donors (Lipinski definition) is 1. The summed E-state index contributed by atoms with van der Waals surface area (Å²) >= 11 is 0. The predicted octanol–water partition coefficient (Wildman–Crippen LogP) is 2.18. The van der Waals surface area contributed by atoms with E-state index in [9.17, 15) is 9.90 Å². The van der Waals surface area contributed by atoms with Gasteiger partial charge in [0, 0.05) is 5.92 Å². The van der Waals surface area contributed by atoms with Gasteiger partial charge < -0.3 is 9.84 Å². The van der Waals surface area contributed by atoms with Crippen LogP contribution in [-0.4, -0.2) is 28.2 Å². The van der Waals surface area contributed by atoms with Crippen LogP contribution in [0.5, 0.6) is 5.88 Å². The summed E-state index contributed by atoms with van der Waals surface area (Å²) in [6, 6.07) is 0. The highest BCUT2D eigenvalue weighted by Crippen LogP contribution is 2.40. The standard InChI is InChI=1S/C12H16N2O3/c1-6(2)8-9(12(15)16)13-10(7-4-5-7)14-11(8)17-3/h6-7H,4-5H2,1-3H3,(H,15,16). The van der Waals surface area contributed by atoms with Gasteiger partial charge in [0.1, 0.15) is 5.82 Å². The van der Waals surface area contributed by atoms with Crippen molar-refractivity contribution in [1.29, 1.82) is 0 Å². The lowest BCUT2D eigenvalue weighted by atomic mass is 10.0. The topological polar surface area (TPSA) is 72.3 Å². The van der Waals surface area contributed by atoms with E-state index in [0.717, 1.165) is 12.8 Å². The Morgan fingerprint density at radius 3 is 2.47 bits per heavy atom. The van der Waals surface area contributed by atoms with Crippen LogP contribution >= 0.6 is 0 Å². The van der Waals surface area contributed by atoms with Crippen LogP contribution in [0.3, 0.4) is 0 Å². The van der Waals surface area contributed by atoms with E-state index in [2.05, 4.69) is 9.97 Å². The van der Waals surface area contributed by atoms with Crippen molar-refractivity contribution in [3.8, 4) is 5.88 Å². The molecule has 1 heterocycles. The molecule has 0 saturated heterocycles. The van der Waals surface area contributed by atoms with Gasteiger partial charge in [-0.05, 0) is 18.8 Å². The molecule has 0 atom stereocenters.